The molecule has 17 nitrogen and oxygen atoms in total. The van der Waals surface area contributed by atoms with Crippen LogP contribution >= 0.6 is 7.75 Å². The van der Waals surface area contributed by atoms with E-state index in [1.807, 2.05) is 6.07 Å². The molecule has 0 amide bonds. The lowest BCUT2D eigenvalue weighted by molar-refractivity contribution is -0.193. The molecule has 5 atom stereocenters. The highest BCUT2D eigenvalue weighted by molar-refractivity contribution is 7.52. The molecule has 2 aromatic heterocycles. The number of ether oxygens (including phenoxy) is 5. The summed E-state index contributed by atoms with van der Waals surface area (Å²) in [6, 6.07) is 11.8. The topological polar surface area (TPSA) is 225 Å². The molecule has 0 radical (unpaired) electrons. The number of hydrogen-bond donors (Lipinski definition) is 2. The van der Waals surface area contributed by atoms with Crippen LogP contribution in [0, 0.1) is 17.2 Å². The Hall–Kier alpha value is -4.59. The molecular weight excluding hydrogens is 687 g/mol. The number of methoxy groups -OCH3 is 1. The third kappa shape index (κ3) is 10.0. The summed E-state index contributed by atoms with van der Waals surface area (Å²) in [5, 5.41) is 17.5. The highest BCUT2D eigenvalue weighted by Crippen LogP contribution is 2.47. The van der Waals surface area contributed by atoms with Gasteiger partial charge in [-0.1, -0.05) is 32.0 Å². The summed E-state index contributed by atoms with van der Waals surface area (Å²) in [6.45, 7) is 4.90. The van der Waals surface area contributed by atoms with Crippen LogP contribution in [0.1, 0.15) is 58.3 Å². The molecule has 4 rings (SSSR count). The second-order valence-electron chi connectivity index (χ2n) is 11.6. The first-order valence-corrected chi connectivity index (χ1v) is 18.0. The van der Waals surface area contributed by atoms with Gasteiger partial charge in [0, 0.05) is 33.2 Å². The fourth-order valence-electron chi connectivity index (χ4n) is 5.13. The molecule has 1 saturated heterocycles. The van der Waals surface area contributed by atoms with E-state index >= 15 is 0 Å². The summed E-state index contributed by atoms with van der Waals surface area (Å²) < 4.78 is 55.5. The molecule has 18 heteroatoms. The lowest BCUT2D eigenvalue weighted by atomic mass is 9.92. The molecule has 3 aromatic rings. The highest BCUT2D eigenvalue weighted by Gasteiger charge is 2.52. The first kappa shape index (κ1) is 39.2. The molecule has 276 valence electrons. The average molecular weight is 731 g/mol. The summed E-state index contributed by atoms with van der Waals surface area (Å²) in [7, 11) is -3.43. The molecule has 1 aliphatic rings. The zero-order valence-corrected chi connectivity index (χ0v) is 29.8. The van der Waals surface area contributed by atoms with Crippen LogP contribution in [-0.4, -0.2) is 83.8 Å². The van der Waals surface area contributed by atoms with Crippen molar-refractivity contribution in [3.05, 3.63) is 54.5 Å². The van der Waals surface area contributed by atoms with Gasteiger partial charge in [0.1, 0.15) is 36.3 Å². The van der Waals surface area contributed by atoms with Crippen molar-refractivity contribution in [3.63, 3.8) is 0 Å². The number of nitrogens with one attached hydrogen (secondary N) is 1. The van der Waals surface area contributed by atoms with Crippen LogP contribution in [0.3, 0.4) is 0 Å². The van der Waals surface area contributed by atoms with Gasteiger partial charge in [0.15, 0.2) is 18.0 Å². The van der Waals surface area contributed by atoms with E-state index < -0.39 is 56.1 Å². The van der Waals surface area contributed by atoms with Gasteiger partial charge >= 0.3 is 25.7 Å². The second-order valence-corrected chi connectivity index (χ2v) is 13.3. The fourth-order valence-corrected chi connectivity index (χ4v) is 6.66. The SMILES string of the molecule is CCC(=O)O[C@@H](c1ccc2c(N)ncnn12)[C@H](OC(=O)CC)[C@@](C#N)(COP(=O)(N[C@@H](C)C(=O)OCC1CCOCC1)Oc1ccccc1)OC. The maximum atomic E-state index is 14.4. The molecule has 1 aliphatic heterocycles. The predicted molar refractivity (Wildman–Crippen MR) is 180 cm³/mol. The molecular formula is C33H43N6O11P. The number of hydrogen-bond acceptors (Lipinski definition) is 15. The standard InChI is InChI=1S/C33H43N6O11P/c1-5-27(40)48-29(25-12-13-26-31(35)36-21-37-39(25)26)30(49-28(41)6-2)33(19-34,44-4)20-47-51(43,50-24-10-8-7-9-11-24)38-22(3)32(42)46-18-23-14-16-45-17-15-23/h7-13,21-23,29-30H,5-6,14-18,20H2,1-4H3,(H,38,43)(H2,35,36,37)/t22-,29-,30-,33+,51?/m0/s1. The van der Waals surface area contributed by atoms with Crippen molar-refractivity contribution < 1.29 is 51.7 Å². The van der Waals surface area contributed by atoms with E-state index in [0.717, 1.165) is 20.0 Å². The molecule has 3 heterocycles. The van der Waals surface area contributed by atoms with E-state index in [1.165, 1.54) is 42.9 Å². The minimum Gasteiger partial charge on any atom is -0.464 e. The van der Waals surface area contributed by atoms with Crippen molar-refractivity contribution in [3.8, 4) is 11.8 Å². The molecule has 0 bridgehead atoms. The number of carbonyl (C=O) groups is 3. The Bertz CT molecular complexity index is 1730. The van der Waals surface area contributed by atoms with Crippen LogP contribution in [-0.2, 0) is 47.2 Å². The van der Waals surface area contributed by atoms with Crippen molar-refractivity contribution in [1.29, 1.82) is 5.26 Å². The first-order chi connectivity index (χ1) is 24.5. The Morgan fingerprint density at radius 1 is 1.12 bits per heavy atom. The third-order valence-electron chi connectivity index (χ3n) is 8.11. The predicted octanol–water partition coefficient (Wildman–Crippen LogP) is 3.69. The van der Waals surface area contributed by atoms with Crippen molar-refractivity contribution in [2.45, 2.75) is 70.3 Å². The van der Waals surface area contributed by atoms with E-state index in [-0.39, 0.29) is 42.6 Å². The van der Waals surface area contributed by atoms with Crippen LogP contribution < -0.4 is 15.3 Å². The molecule has 1 fully saturated rings. The van der Waals surface area contributed by atoms with Crippen LogP contribution in [0.15, 0.2) is 48.8 Å². The van der Waals surface area contributed by atoms with Gasteiger partial charge < -0.3 is 33.9 Å². The Morgan fingerprint density at radius 3 is 2.45 bits per heavy atom. The molecule has 1 aromatic carbocycles. The normalized spacial score (nSPS) is 17.5. The monoisotopic (exact) mass is 730 g/mol. The number of nitrogen functional groups attached to an aromatic ring is 1. The number of carbonyl (C=O) groups excluding carboxylic acids is 3. The van der Waals surface area contributed by atoms with Gasteiger partial charge in [-0.2, -0.15) is 15.4 Å². The first-order valence-electron chi connectivity index (χ1n) is 16.4. The summed E-state index contributed by atoms with van der Waals surface area (Å²) in [6.07, 6.45) is -0.844. The second kappa shape index (κ2) is 18.1. The number of benzene rings is 1. The summed E-state index contributed by atoms with van der Waals surface area (Å²) >= 11 is 0. The number of esters is 3. The minimum absolute atomic E-state index is 0.0824. The molecule has 1 unspecified atom stereocenters. The van der Waals surface area contributed by atoms with Gasteiger partial charge in [0.25, 0.3) is 0 Å². The van der Waals surface area contributed by atoms with Gasteiger partial charge in [-0.15, -0.1) is 0 Å². The van der Waals surface area contributed by atoms with E-state index in [1.54, 1.807) is 31.2 Å². The highest BCUT2D eigenvalue weighted by atomic mass is 31.2. The third-order valence-corrected chi connectivity index (χ3v) is 9.73. The summed E-state index contributed by atoms with van der Waals surface area (Å²) in [5.74, 6) is -1.89. The van der Waals surface area contributed by atoms with E-state index in [9.17, 15) is 24.2 Å². The summed E-state index contributed by atoms with van der Waals surface area (Å²) in [5.41, 5.74) is 4.21. The minimum atomic E-state index is -4.57. The van der Waals surface area contributed by atoms with Gasteiger partial charge in [-0.25, -0.2) is 14.1 Å². The molecule has 0 aliphatic carbocycles. The van der Waals surface area contributed by atoms with Crippen molar-refractivity contribution in [2.75, 3.05) is 39.3 Å². The van der Waals surface area contributed by atoms with Gasteiger partial charge in [0.05, 0.1) is 12.3 Å². The maximum Gasteiger partial charge on any atom is 0.459 e. The Balaban J connectivity index is 1.70. The number of nitrogens with zero attached hydrogens (tertiary/aromatic N) is 4. The number of nitriles is 1. The number of rotatable bonds is 18. The molecule has 3 N–H and O–H groups in total. The lowest BCUT2D eigenvalue weighted by Gasteiger charge is -2.37. The van der Waals surface area contributed by atoms with Gasteiger partial charge in [0.2, 0.25) is 5.60 Å². The Morgan fingerprint density at radius 2 is 1.80 bits per heavy atom. The largest absolute Gasteiger partial charge is 0.464 e. The van der Waals surface area contributed by atoms with Crippen LogP contribution in [0.4, 0.5) is 5.82 Å². The van der Waals surface area contributed by atoms with Gasteiger partial charge in [-0.3, -0.25) is 18.9 Å². The molecule has 0 saturated carbocycles. The average Bonchev–Trinajstić information content (AvgIpc) is 3.58. The van der Waals surface area contributed by atoms with Crippen LogP contribution in [0.2, 0.25) is 0 Å². The summed E-state index contributed by atoms with van der Waals surface area (Å²) in [4.78, 5) is 42.7. The van der Waals surface area contributed by atoms with Crippen molar-refractivity contribution >= 4 is 37.0 Å². The fraction of sp³-hybridized carbons (Fsp3) is 0.515. The molecule has 0 spiro atoms. The zero-order chi connectivity index (χ0) is 37.0. The lowest BCUT2D eigenvalue weighted by Crippen LogP contribution is -2.53. The van der Waals surface area contributed by atoms with E-state index in [4.69, 9.17) is 38.5 Å². The van der Waals surface area contributed by atoms with Crippen LogP contribution in [0.25, 0.3) is 5.52 Å². The number of aromatic nitrogens is 3. The van der Waals surface area contributed by atoms with E-state index in [0.29, 0.717) is 18.7 Å². The van der Waals surface area contributed by atoms with Crippen LogP contribution in [0.5, 0.6) is 5.75 Å². The maximum absolute atomic E-state index is 14.4. The van der Waals surface area contributed by atoms with Crippen molar-refractivity contribution in [1.82, 2.24) is 19.7 Å². The molecule has 51 heavy (non-hydrogen) atoms. The van der Waals surface area contributed by atoms with Crippen molar-refractivity contribution in [2.24, 2.45) is 5.92 Å². The quantitative estimate of drug-likeness (QED) is 0.108. The number of anilines is 1. The Kier molecular flexibility index (Phi) is 13.9. The Labute approximate surface area is 295 Å². The number of fused-ring (bicyclic) bond motifs is 1. The van der Waals surface area contributed by atoms with E-state index in [2.05, 4.69) is 15.2 Å². The smallest absolute Gasteiger partial charge is 0.459 e. The van der Waals surface area contributed by atoms with Gasteiger partial charge in [-0.05, 0) is 49.9 Å². The number of nitrogens with two attached hydrogens (primary N) is 1. The zero-order valence-electron chi connectivity index (χ0n) is 28.9. The number of para-hydroxylation sites is 1.